The number of imidazole rings is 1. The number of halogens is 1. The number of methoxy groups -OCH3 is 1. The van der Waals surface area contributed by atoms with Crippen LogP contribution in [0.5, 0.6) is 0 Å². The molecule has 26 heavy (non-hydrogen) atoms. The molecule has 1 atom stereocenters. The van der Waals surface area contributed by atoms with E-state index in [9.17, 15) is 9.18 Å². The maximum atomic E-state index is 13.4. The number of piperidine rings is 1. The molecule has 0 radical (unpaired) electrons. The molecule has 2 aromatic heterocycles. The first-order valence-corrected chi connectivity index (χ1v) is 8.56. The molecule has 1 fully saturated rings. The molecule has 0 aliphatic carbocycles. The number of nitrogens with zero attached hydrogens (tertiary/aromatic N) is 3. The molecule has 1 saturated heterocycles. The highest BCUT2D eigenvalue weighted by Gasteiger charge is 2.28. The molecule has 1 aliphatic rings. The lowest BCUT2D eigenvalue weighted by molar-refractivity contribution is 0.0593. The van der Waals surface area contributed by atoms with Crippen molar-refractivity contribution in [1.82, 2.24) is 19.9 Å². The number of oxazole rings is 1. The van der Waals surface area contributed by atoms with Crippen molar-refractivity contribution >= 4 is 17.0 Å². The number of ether oxygens (including phenoxy) is 1. The fraction of sp³-hybridized carbons (Fsp3) is 0.389. The summed E-state index contributed by atoms with van der Waals surface area (Å²) in [7, 11) is 1.31. The first-order chi connectivity index (χ1) is 12.6. The summed E-state index contributed by atoms with van der Waals surface area (Å²) < 4.78 is 23.5. The third kappa shape index (κ3) is 3.20. The van der Waals surface area contributed by atoms with Gasteiger partial charge in [-0.15, -0.1) is 0 Å². The number of hydrogen-bond donors (Lipinski definition) is 1. The van der Waals surface area contributed by atoms with E-state index in [1.54, 1.807) is 6.07 Å². The van der Waals surface area contributed by atoms with Gasteiger partial charge in [0.25, 0.3) is 0 Å². The van der Waals surface area contributed by atoms with Crippen LogP contribution in [0.15, 0.2) is 28.9 Å². The lowest BCUT2D eigenvalue weighted by Crippen LogP contribution is -2.33. The van der Waals surface area contributed by atoms with Crippen molar-refractivity contribution in [2.24, 2.45) is 0 Å². The lowest BCUT2D eigenvalue weighted by Gasteiger charge is -2.33. The Bertz CT molecular complexity index is 936. The number of likely N-dealkylation sites (tertiary alicyclic amines) is 1. The van der Waals surface area contributed by atoms with Crippen LogP contribution >= 0.6 is 0 Å². The molecule has 1 aliphatic heterocycles. The monoisotopic (exact) mass is 358 g/mol. The summed E-state index contributed by atoms with van der Waals surface area (Å²) in [5.74, 6) is 0.460. The molecule has 4 rings (SSSR count). The van der Waals surface area contributed by atoms with Crippen LogP contribution in [0.4, 0.5) is 4.39 Å². The highest BCUT2D eigenvalue weighted by molar-refractivity contribution is 5.86. The summed E-state index contributed by atoms with van der Waals surface area (Å²) in [6, 6.07) is 4.60. The van der Waals surface area contributed by atoms with Gasteiger partial charge in [-0.25, -0.2) is 19.2 Å². The molecule has 1 aromatic carbocycles. The molecule has 3 heterocycles. The van der Waals surface area contributed by atoms with Crippen LogP contribution < -0.4 is 0 Å². The second kappa shape index (κ2) is 6.87. The molecule has 8 heteroatoms. The van der Waals surface area contributed by atoms with Crippen LogP contribution in [0, 0.1) is 5.82 Å². The van der Waals surface area contributed by atoms with Gasteiger partial charge in [-0.1, -0.05) is 6.42 Å². The first kappa shape index (κ1) is 16.7. The van der Waals surface area contributed by atoms with Crippen molar-refractivity contribution in [1.29, 1.82) is 0 Å². The summed E-state index contributed by atoms with van der Waals surface area (Å²) >= 11 is 0. The van der Waals surface area contributed by atoms with Gasteiger partial charge in [0.2, 0.25) is 5.89 Å². The number of hydrogen-bond acceptors (Lipinski definition) is 6. The second-order valence-electron chi connectivity index (χ2n) is 6.38. The van der Waals surface area contributed by atoms with E-state index in [4.69, 9.17) is 4.42 Å². The van der Waals surface area contributed by atoms with E-state index in [0.717, 1.165) is 37.1 Å². The van der Waals surface area contributed by atoms with Gasteiger partial charge in [-0.3, -0.25) is 4.90 Å². The molecule has 0 saturated carbocycles. The number of rotatable bonds is 4. The Balaban J connectivity index is 1.57. The van der Waals surface area contributed by atoms with Gasteiger partial charge in [-0.05, 0) is 37.6 Å². The van der Waals surface area contributed by atoms with E-state index in [-0.39, 0.29) is 17.6 Å². The van der Waals surface area contributed by atoms with Crippen molar-refractivity contribution < 1.29 is 18.3 Å². The average molecular weight is 358 g/mol. The zero-order valence-electron chi connectivity index (χ0n) is 14.4. The highest BCUT2D eigenvalue weighted by Crippen LogP contribution is 2.31. The normalized spacial score (nSPS) is 18.3. The average Bonchev–Trinajstić information content (AvgIpc) is 3.28. The number of esters is 1. The molecule has 136 valence electrons. The van der Waals surface area contributed by atoms with E-state index in [1.165, 1.54) is 25.5 Å². The predicted molar refractivity (Wildman–Crippen MR) is 90.9 cm³/mol. The number of aromatic nitrogens is 3. The Hall–Kier alpha value is -2.74. The molecular weight excluding hydrogens is 339 g/mol. The fourth-order valence-corrected chi connectivity index (χ4v) is 3.40. The summed E-state index contributed by atoms with van der Waals surface area (Å²) in [6.07, 6.45) is 4.40. The standard InChI is InChI=1S/C18H19FN4O3/c1-25-18(24)14-10-26-16(20-14)9-23-7-3-2-4-15(23)17-21-12-6-5-11(19)8-13(12)22-17/h5-6,8,10,15H,2-4,7,9H2,1H3,(H,21,22)/t15-/m0/s1. The van der Waals surface area contributed by atoms with Gasteiger partial charge >= 0.3 is 5.97 Å². The zero-order valence-corrected chi connectivity index (χ0v) is 14.4. The summed E-state index contributed by atoms with van der Waals surface area (Å²) in [6.45, 7) is 1.33. The van der Waals surface area contributed by atoms with Crippen molar-refractivity contribution in [3.63, 3.8) is 0 Å². The smallest absolute Gasteiger partial charge is 0.360 e. The third-order valence-corrected chi connectivity index (χ3v) is 4.68. The lowest BCUT2D eigenvalue weighted by atomic mass is 10.0. The van der Waals surface area contributed by atoms with E-state index < -0.39 is 5.97 Å². The van der Waals surface area contributed by atoms with Gasteiger partial charge in [0.1, 0.15) is 17.9 Å². The number of aromatic amines is 1. The zero-order chi connectivity index (χ0) is 18.1. The third-order valence-electron chi connectivity index (χ3n) is 4.68. The Labute approximate surface area is 149 Å². The number of fused-ring (bicyclic) bond motifs is 1. The van der Waals surface area contributed by atoms with E-state index in [2.05, 4.69) is 24.6 Å². The van der Waals surface area contributed by atoms with Crippen LogP contribution in [0.25, 0.3) is 11.0 Å². The van der Waals surface area contributed by atoms with Gasteiger partial charge < -0.3 is 14.1 Å². The number of carbonyl (C=O) groups excluding carboxylic acids is 1. The SMILES string of the molecule is COC(=O)c1coc(CN2CCCC[C@H]2c2nc3ccc(F)cc3[nH]2)n1. The van der Waals surface area contributed by atoms with Gasteiger partial charge in [0.15, 0.2) is 5.69 Å². The number of carbonyl (C=O) groups is 1. The molecule has 0 bridgehead atoms. The van der Waals surface area contributed by atoms with Gasteiger partial charge in [0, 0.05) is 0 Å². The first-order valence-electron chi connectivity index (χ1n) is 8.56. The van der Waals surface area contributed by atoms with Crippen molar-refractivity contribution in [3.05, 3.63) is 47.7 Å². The Kier molecular flexibility index (Phi) is 4.42. The minimum Gasteiger partial charge on any atom is -0.464 e. The quantitative estimate of drug-likeness (QED) is 0.721. The highest BCUT2D eigenvalue weighted by atomic mass is 19.1. The molecule has 1 N–H and O–H groups in total. The van der Waals surface area contributed by atoms with E-state index in [0.29, 0.717) is 18.0 Å². The molecule has 0 spiro atoms. The molecule has 7 nitrogen and oxygen atoms in total. The van der Waals surface area contributed by atoms with Crippen LogP contribution in [-0.4, -0.2) is 39.5 Å². The largest absolute Gasteiger partial charge is 0.464 e. The number of benzene rings is 1. The van der Waals surface area contributed by atoms with Crippen molar-refractivity contribution in [3.8, 4) is 0 Å². The van der Waals surface area contributed by atoms with Crippen LogP contribution in [0.2, 0.25) is 0 Å². The Morgan fingerprint density at radius 3 is 3.15 bits per heavy atom. The van der Waals surface area contributed by atoms with Crippen LogP contribution in [0.1, 0.15) is 47.5 Å². The van der Waals surface area contributed by atoms with Crippen LogP contribution in [-0.2, 0) is 11.3 Å². The maximum Gasteiger partial charge on any atom is 0.360 e. The van der Waals surface area contributed by atoms with E-state index in [1.807, 2.05) is 0 Å². The van der Waals surface area contributed by atoms with Crippen molar-refractivity contribution in [2.75, 3.05) is 13.7 Å². The molecule has 0 amide bonds. The van der Waals surface area contributed by atoms with Crippen LogP contribution in [0.3, 0.4) is 0 Å². The molecule has 3 aromatic rings. The summed E-state index contributed by atoms with van der Waals surface area (Å²) in [5.41, 5.74) is 1.60. The minimum absolute atomic E-state index is 0.0627. The Morgan fingerprint density at radius 1 is 1.42 bits per heavy atom. The van der Waals surface area contributed by atoms with Crippen molar-refractivity contribution in [2.45, 2.75) is 31.8 Å². The summed E-state index contributed by atoms with van der Waals surface area (Å²) in [5, 5.41) is 0. The topological polar surface area (TPSA) is 84.2 Å². The number of H-pyrrole nitrogens is 1. The predicted octanol–water partition coefficient (Wildman–Crippen LogP) is 3.20. The van der Waals surface area contributed by atoms with E-state index >= 15 is 0 Å². The minimum atomic E-state index is -0.519. The molecular formula is C18H19FN4O3. The van der Waals surface area contributed by atoms with Gasteiger partial charge in [0.05, 0.1) is 30.7 Å². The number of nitrogens with one attached hydrogen (secondary N) is 1. The second-order valence-corrected chi connectivity index (χ2v) is 6.38. The summed E-state index contributed by atoms with van der Waals surface area (Å²) in [4.78, 5) is 25.8. The maximum absolute atomic E-state index is 13.4. The Morgan fingerprint density at radius 2 is 2.31 bits per heavy atom. The molecule has 0 unspecified atom stereocenters. The van der Waals surface area contributed by atoms with Gasteiger partial charge in [-0.2, -0.15) is 0 Å². The fourth-order valence-electron chi connectivity index (χ4n) is 3.40.